The van der Waals surface area contributed by atoms with E-state index in [2.05, 4.69) is 28.9 Å². The van der Waals surface area contributed by atoms with Gasteiger partial charge in [0.15, 0.2) is 0 Å². The number of hydrogen-bond acceptors (Lipinski definition) is 5. The van der Waals surface area contributed by atoms with Gasteiger partial charge in [-0.2, -0.15) is 5.10 Å². The molecular weight excluding hydrogens is 246 g/mol. The lowest BCUT2D eigenvalue weighted by molar-refractivity contribution is 0.691. The fourth-order valence-corrected chi connectivity index (χ4v) is 2.95. The third kappa shape index (κ3) is 2.48. The first kappa shape index (κ1) is 12.9. The Balaban J connectivity index is 2.40. The number of aryl methyl sites for hydroxylation is 2. The van der Waals surface area contributed by atoms with E-state index in [-0.39, 0.29) is 0 Å². The second kappa shape index (κ2) is 4.97. The second-order valence-corrected chi connectivity index (χ2v) is 5.49. The molecule has 2 heterocycles. The second-order valence-electron chi connectivity index (χ2n) is 4.48. The number of rotatable bonds is 3. The maximum atomic E-state index is 5.93. The third-order valence-electron chi connectivity index (χ3n) is 2.62. The molecule has 2 aromatic rings. The maximum absolute atomic E-state index is 5.93. The smallest absolute Gasteiger partial charge is 0.131 e. The molecule has 2 aromatic heterocycles. The van der Waals surface area contributed by atoms with Crippen LogP contribution >= 0.6 is 11.8 Å². The lowest BCUT2D eigenvalue weighted by Gasteiger charge is -2.12. The topological polar surface area (TPSA) is 69.6 Å². The van der Waals surface area contributed by atoms with E-state index in [4.69, 9.17) is 5.73 Å². The van der Waals surface area contributed by atoms with Crippen LogP contribution in [0.15, 0.2) is 22.4 Å². The van der Waals surface area contributed by atoms with Crippen LogP contribution < -0.4 is 5.73 Å². The summed E-state index contributed by atoms with van der Waals surface area (Å²) in [5.41, 5.74) is 7.93. The minimum absolute atomic E-state index is 0.294. The molecule has 0 bridgehead atoms. The minimum atomic E-state index is 0.294. The fraction of sp³-hybridized carbons (Fsp3) is 0.417. The Morgan fingerprint density at radius 3 is 2.61 bits per heavy atom. The number of hydrogen-bond donors (Lipinski definition) is 1. The van der Waals surface area contributed by atoms with Crippen molar-refractivity contribution in [2.45, 2.75) is 36.7 Å². The molecule has 0 saturated heterocycles. The van der Waals surface area contributed by atoms with Crippen molar-refractivity contribution in [1.82, 2.24) is 19.7 Å². The number of anilines is 1. The SMILES string of the molecule is Cc1cc(Sc2ncnc(N)c2C(C)C)n(C)n1. The van der Waals surface area contributed by atoms with E-state index < -0.39 is 0 Å². The Labute approximate surface area is 111 Å². The molecule has 96 valence electrons. The van der Waals surface area contributed by atoms with Gasteiger partial charge < -0.3 is 5.73 Å². The van der Waals surface area contributed by atoms with E-state index >= 15 is 0 Å². The van der Waals surface area contributed by atoms with Gasteiger partial charge in [0, 0.05) is 12.6 Å². The summed E-state index contributed by atoms with van der Waals surface area (Å²) in [6, 6.07) is 2.03. The largest absolute Gasteiger partial charge is 0.383 e. The monoisotopic (exact) mass is 263 g/mol. The summed E-state index contributed by atoms with van der Waals surface area (Å²) in [4.78, 5) is 8.40. The van der Waals surface area contributed by atoms with Crippen molar-refractivity contribution in [3.63, 3.8) is 0 Å². The molecule has 0 aliphatic carbocycles. The van der Waals surface area contributed by atoms with Crippen LogP contribution in [-0.2, 0) is 7.05 Å². The Hall–Kier alpha value is -1.56. The van der Waals surface area contributed by atoms with Crippen LogP contribution in [0.2, 0.25) is 0 Å². The van der Waals surface area contributed by atoms with E-state index in [0.29, 0.717) is 11.7 Å². The van der Waals surface area contributed by atoms with Crippen molar-refractivity contribution in [3.05, 3.63) is 23.7 Å². The van der Waals surface area contributed by atoms with Gasteiger partial charge in [-0.1, -0.05) is 13.8 Å². The predicted octanol–water partition coefficient (Wildman–Crippen LogP) is 2.38. The van der Waals surface area contributed by atoms with Gasteiger partial charge in [0.2, 0.25) is 0 Å². The zero-order chi connectivity index (χ0) is 13.3. The summed E-state index contributed by atoms with van der Waals surface area (Å²) < 4.78 is 1.85. The molecule has 0 spiro atoms. The van der Waals surface area contributed by atoms with E-state index in [1.165, 1.54) is 6.33 Å². The first-order valence-electron chi connectivity index (χ1n) is 5.78. The molecule has 0 atom stereocenters. The van der Waals surface area contributed by atoms with Gasteiger partial charge >= 0.3 is 0 Å². The molecular formula is C12H17N5S. The Kier molecular flexibility index (Phi) is 3.56. The van der Waals surface area contributed by atoms with E-state index in [0.717, 1.165) is 21.3 Å². The van der Waals surface area contributed by atoms with Crippen LogP contribution in [-0.4, -0.2) is 19.7 Å². The fourth-order valence-electron chi connectivity index (χ4n) is 1.80. The first-order valence-corrected chi connectivity index (χ1v) is 6.59. The number of nitrogens with two attached hydrogens (primary N) is 1. The summed E-state index contributed by atoms with van der Waals surface area (Å²) in [6.07, 6.45) is 1.51. The summed E-state index contributed by atoms with van der Waals surface area (Å²) in [7, 11) is 1.93. The molecule has 0 aliphatic heterocycles. The summed E-state index contributed by atoms with van der Waals surface area (Å²) in [5, 5.41) is 6.28. The lowest BCUT2D eigenvalue weighted by atomic mass is 10.1. The maximum Gasteiger partial charge on any atom is 0.131 e. The van der Waals surface area contributed by atoms with Gasteiger partial charge in [-0.3, -0.25) is 4.68 Å². The van der Waals surface area contributed by atoms with E-state index in [1.54, 1.807) is 11.8 Å². The zero-order valence-electron chi connectivity index (χ0n) is 11.0. The van der Waals surface area contributed by atoms with E-state index in [1.807, 2.05) is 24.7 Å². The molecule has 2 rings (SSSR count). The molecule has 18 heavy (non-hydrogen) atoms. The van der Waals surface area contributed by atoms with Crippen molar-refractivity contribution in [3.8, 4) is 0 Å². The zero-order valence-corrected chi connectivity index (χ0v) is 11.8. The van der Waals surface area contributed by atoms with Crippen molar-refractivity contribution < 1.29 is 0 Å². The van der Waals surface area contributed by atoms with Gasteiger partial charge in [-0.05, 0) is 30.7 Å². The van der Waals surface area contributed by atoms with Crippen LogP contribution in [0.1, 0.15) is 31.0 Å². The highest BCUT2D eigenvalue weighted by Gasteiger charge is 2.15. The highest BCUT2D eigenvalue weighted by molar-refractivity contribution is 7.99. The van der Waals surface area contributed by atoms with Crippen LogP contribution in [0.4, 0.5) is 5.82 Å². The van der Waals surface area contributed by atoms with Crippen LogP contribution in [0.5, 0.6) is 0 Å². The molecule has 0 saturated carbocycles. The van der Waals surface area contributed by atoms with E-state index in [9.17, 15) is 0 Å². The predicted molar refractivity (Wildman–Crippen MR) is 72.6 cm³/mol. The first-order chi connectivity index (χ1) is 8.49. The minimum Gasteiger partial charge on any atom is -0.383 e. The average Bonchev–Trinajstić information content (AvgIpc) is 2.57. The van der Waals surface area contributed by atoms with Crippen molar-refractivity contribution in [2.75, 3.05) is 5.73 Å². The highest BCUT2D eigenvalue weighted by Crippen LogP contribution is 2.34. The molecule has 2 N–H and O–H groups in total. The molecule has 0 aliphatic rings. The molecule has 0 aromatic carbocycles. The van der Waals surface area contributed by atoms with Crippen molar-refractivity contribution in [2.24, 2.45) is 7.05 Å². The Morgan fingerprint density at radius 2 is 2.06 bits per heavy atom. The Bertz CT molecular complexity index is 562. The van der Waals surface area contributed by atoms with Gasteiger partial charge in [-0.15, -0.1) is 0 Å². The van der Waals surface area contributed by atoms with Crippen molar-refractivity contribution >= 4 is 17.6 Å². The van der Waals surface area contributed by atoms with Crippen molar-refractivity contribution in [1.29, 1.82) is 0 Å². The quantitative estimate of drug-likeness (QED) is 0.861. The van der Waals surface area contributed by atoms with Gasteiger partial charge in [-0.25, -0.2) is 9.97 Å². The molecule has 0 amide bonds. The molecule has 0 fully saturated rings. The van der Waals surface area contributed by atoms with Crippen LogP contribution in [0, 0.1) is 6.92 Å². The van der Waals surface area contributed by atoms with Crippen LogP contribution in [0.3, 0.4) is 0 Å². The standard InChI is InChI=1S/C12H17N5S/c1-7(2)10-11(13)14-6-15-12(10)18-9-5-8(3)16-17(9)4/h5-7H,1-4H3,(H2,13,14,15). The molecule has 5 nitrogen and oxygen atoms in total. The lowest BCUT2D eigenvalue weighted by Crippen LogP contribution is -2.04. The van der Waals surface area contributed by atoms with Crippen LogP contribution in [0.25, 0.3) is 0 Å². The van der Waals surface area contributed by atoms with Gasteiger partial charge in [0.05, 0.1) is 5.69 Å². The summed E-state index contributed by atoms with van der Waals surface area (Å²) >= 11 is 1.57. The third-order valence-corrected chi connectivity index (χ3v) is 3.73. The number of nitrogen functional groups attached to an aromatic ring is 1. The molecule has 0 unspecified atom stereocenters. The highest BCUT2D eigenvalue weighted by atomic mass is 32.2. The average molecular weight is 263 g/mol. The molecule has 6 heteroatoms. The number of aromatic nitrogens is 4. The summed E-state index contributed by atoms with van der Waals surface area (Å²) in [5.74, 6) is 0.851. The van der Waals surface area contributed by atoms with Gasteiger partial charge in [0.25, 0.3) is 0 Å². The molecule has 0 radical (unpaired) electrons. The van der Waals surface area contributed by atoms with Gasteiger partial charge in [0.1, 0.15) is 22.2 Å². The normalized spacial score (nSPS) is 11.2. The Morgan fingerprint density at radius 1 is 1.33 bits per heavy atom. The number of nitrogens with zero attached hydrogens (tertiary/aromatic N) is 4. The summed E-state index contributed by atoms with van der Waals surface area (Å²) in [6.45, 7) is 6.16.